The standard InChI is InChI=1S/C8H16N2O3S/c9-7-5-14(11,12)6-8(7)10-1-3-13-4-2-10/h7-8H,1-6,9H2/t7-,8-/m1/s1. The smallest absolute Gasteiger partial charge is 0.153 e. The molecule has 2 saturated heterocycles. The molecule has 2 atom stereocenters. The van der Waals surface area contributed by atoms with E-state index in [0.29, 0.717) is 13.2 Å². The SMILES string of the molecule is N[C@@H]1CS(=O)(=O)C[C@H]1N1CCOCC1. The van der Waals surface area contributed by atoms with Gasteiger partial charge in [0.1, 0.15) is 0 Å². The van der Waals surface area contributed by atoms with Gasteiger partial charge < -0.3 is 10.5 Å². The molecule has 0 unspecified atom stereocenters. The van der Waals surface area contributed by atoms with E-state index in [2.05, 4.69) is 4.90 Å². The Hall–Kier alpha value is -0.170. The van der Waals surface area contributed by atoms with Gasteiger partial charge in [-0.05, 0) is 0 Å². The first-order valence-electron chi connectivity index (χ1n) is 4.86. The summed E-state index contributed by atoms with van der Waals surface area (Å²) in [5.74, 6) is 0.350. The van der Waals surface area contributed by atoms with Crippen molar-refractivity contribution in [1.29, 1.82) is 0 Å². The van der Waals surface area contributed by atoms with Gasteiger partial charge in [-0.2, -0.15) is 0 Å². The Labute approximate surface area is 84.1 Å². The molecule has 0 radical (unpaired) electrons. The molecule has 0 aromatic rings. The van der Waals surface area contributed by atoms with E-state index in [-0.39, 0.29) is 23.6 Å². The van der Waals surface area contributed by atoms with Crippen LogP contribution in [0.3, 0.4) is 0 Å². The minimum Gasteiger partial charge on any atom is -0.379 e. The Balaban J connectivity index is 2.04. The van der Waals surface area contributed by atoms with Crippen LogP contribution in [0.5, 0.6) is 0 Å². The number of nitrogens with zero attached hydrogens (tertiary/aromatic N) is 1. The molecule has 2 rings (SSSR count). The van der Waals surface area contributed by atoms with Crippen molar-refractivity contribution in [3.8, 4) is 0 Å². The highest BCUT2D eigenvalue weighted by molar-refractivity contribution is 7.91. The van der Waals surface area contributed by atoms with Crippen LogP contribution in [-0.2, 0) is 14.6 Å². The van der Waals surface area contributed by atoms with Gasteiger partial charge in [-0.25, -0.2) is 8.42 Å². The zero-order chi connectivity index (χ0) is 10.2. The Morgan fingerprint density at radius 3 is 2.36 bits per heavy atom. The molecule has 2 aliphatic rings. The van der Waals surface area contributed by atoms with Gasteiger partial charge in [0.2, 0.25) is 0 Å². The van der Waals surface area contributed by atoms with E-state index >= 15 is 0 Å². The minimum absolute atomic E-state index is 0.00361. The van der Waals surface area contributed by atoms with E-state index in [0.717, 1.165) is 13.1 Å². The molecule has 5 nitrogen and oxygen atoms in total. The topological polar surface area (TPSA) is 72.6 Å². The van der Waals surface area contributed by atoms with Gasteiger partial charge in [0, 0.05) is 25.2 Å². The first-order chi connectivity index (χ1) is 6.58. The van der Waals surface area contributed by atoms with Crippen molar-refractivity contribution in [3.63, 3.8) is 0 Å². The second kappa shape index (κ2) is 3.77. The maximum Gasteiger partial charge on any atom is 0.153 e. The van der Waals surface area contributed by atoms with Crippen LogP contribution >= 0.6 is 0 Å². The zero-order valence-electron chi connectivity index (χ0n) is 8.05. The van der Waals surface area contributed by atoms with E-state index in [9.17, 15) is 8.42 Å². The predicted octanol–water partition coefficient (Wildman–Crippen LogP) is -1.56. The van der Waals surface area contributed by atoms with Crippen LogP contribution in [0.15, 0.2) is 0 Å². The third kappa shape index (κ3) is 2.08. The van der Waals surface area contributed by atoms with E-state index in [4.69, 9.17) is 10.5 Å². The largest absolute Gasteiger partial charge is 0.379 e. The molecule has 2 heterocycles. The van der Waals surface area contributed by atoms with Crippen LogP contribution < -0.4 is 5.73 Å². The molecule has 0 aromatic carbocycles. The average molecular weight is 220 g/mol. The maximum atomic E-state index is 11.4. The number of hydrogen-bond donors (Lipinski definition) is 1. The Morgan fingerprint density at radius 2 is 1.86 bits per heavy atom. The second-order valence-electron chi connectivity index (χ2n) is 3.96. The van der Waals surface area contributed by atoms with Gasteiger partial charge >= 0.3 is 0 Å². The van der Waals surface area contributed by atoms with Gasteiger partial charge in [0.05, 0.1) is 24.7 Å². The van der Waals surface area contributed by atoms with Crippen LogP contribution in [0.25, 0.3) is 0 Å². The van der Waals surface area contributed by atoms with Crippen LogP contribution in [0.4, 0.5) is 0 Å². The third-order valence-electron chi connectivity index (χ3n) is 2.88. The van der Waals surface area contributed by atoms with E-state index in [1.165, 1.54) is 0 Å². The highest BCUT2D eigenvalue weighted by Crippen LogP contribution is 2.17. The monoisotopic (exact) mass is 220 g/mol. The van der Waals surface area contributed by atoms with Crippen LogP contribution in [0.2, 0.25) is 0 Å². The molecule has 14 heavy (non-hydrogen) atoms. The van der Waals surface area contributed by atoms with Crippen LogP contribution in [-0.4, -0.2) is 63.2 Å². The van der Waals surface area contributed by atoms with Gasteiger partial charge in [-0.3, -0.25) is 4.90 Å². The van der Waals surface area contributed by atoms with Gasteiger partial charge in [0.15, 0.2) is 9.84 Å². The summed E-state index contributed by atoms with van der Waals surface area (Å²) in [6.45, 7) is 2.97. The molecule has 2 aliphatic heterocycles. The van der Waals surface area contributed by atoms with Crippen molar-refractivity contribution in [1.82, 2.24) is 4.90 Å². The predicted molar refractivity (Wildman–Crippen MR) is 52.8 cm³/mol. The molecule has 0 aromatic heterocycles. The molecule has 6 heteroatoms. The Morgan fingerprint density at radius 1 is 1.21 bits per heavy atom. The van der Waals surface area contributed by atoms with Gasteiger partial charge in [0.25, 0.3) is 0 Å². The number of sulfone groups is 1. The third-order valence-corrected chi connectivity index (χ3v) is 4.62. The Bertz CT molecular complexity index is 298. The molecule has 2 N–H and O–H groups in total. The van der Waals surface area contributed by atoms with E-state index in [1.54, 1.807) is 0 Å². The van der Waals surface area contributed by atoms with Crippen LogP contribution in [0, 0.1) is 0 Å². The molecule has 0 spiro atoms. The molecule has 0 saturated carbocycles. The Kier molecular flexibility index (Phi) is 2.79. The highest BCUT2D eigenvalue weighted by atomic mass is 32.2. The molecule has 82 valence electrons. The quantitative estimate of drug-likeness (QED) is 0.579. The van der Waals surface area contributed by atoms with E-state index < -0.39 is 9.84 Å². The summed E-state index contributed by atoms with van der Waals surface area (Å²) in [6, 6.07) is -0.220. The number of nitrogens with two attached hydrogens (primary N) is 1. The fourth-order valence-electron chi connectivity index (χ4n) is 2.14. The fourth-order valence-corrected chi connectivity index (χ4v) is 4.06. The second-order valence-corrected chi connectivity index (χ2v) is 6.11. The summed E-state index contributed by atoms with van der Waals surface area (Å²) in [4.78, 5) is 2.14. The van der Waals surface area contributed by atoms with Gasteiger partial charge in [-0.15, -0.1) is 0 Å². The molecular weight excluding hydrogens is 204 g/mol. The normalized spacial score (nSPS) is 38.6. The highest BCUT2D eigenvalue weighted by Gasteiger charge is 2.39. The summed E-state index contributed by atoms with van der Waals surface area (Å²) >= 11 is 0. The van der Waals surface area contributed by atoms with Crippen molar-refractivity contribution >= 4 is 9.84 Å². The lowest BCUT2D eigenvalue weighted by Gasteiger charge is -2.33. The zero-order valence-corrected chi connectivity index (χ0v) is 8.87. The summed E-state index contributed by atoms with van der Waals surface area (Å²) in [5, 5.41) is 0. The first kappa shape index (κ1) is 10.4. The van der Waals surface area contributed by atoms with Crippen molar-refractivity contribution in [2.75, 3.05) is 37.8 Å². The fraction of sp³-hybridized carbons (Fsp3) is 1.00. The molecule has 2 fully saturated rings. The summed E-state index contributed by atoms with van der Waals surface area (Å²) in [7, 11) is -2.90. The van der Waals surface area contributed by atoms with E-state index in [1.807, 2.05) is 0 Å². The summed E-state index contributed by atoms with van der Waals surface area (Å²) < 4.78 is 27.9. The average Bonchev–Trinajstić information content (AvgIpc) is 2.41. The number of morpholine rings is 1. The molecule has 0 amide bonds. The lowest BCUT2D eigenvalue weighted by molar-refractivity contribution is 0.0188. The molecule has 0 aliphatic carbocycles. The number of rotatable bonds is 1. The number of ether oxygens (including phenoxy) is 1. The first-order valence-corrected chi connectivity index (χ1v) is 6.68. The van der Waals surface area contributed by atoms with Crippen molar-refractivity contribution < 1.29 is 13.2 Å². The summed E-state index contributed by atoms with van der Waals surface area (Å²) in [5.41, 5.74) is 5.82. The minimum atomic E-state index is -2.90. The summed E-state index contributed by atoms with van der Waals surface area (Å²) in [6.07, 6.45) is 0. The molecule has 0 bridgehead atoms. The van der Waals surface area contributed by atoms with Gasteiger partial charge in [-0.1, -0.05) is 0 Å². The van der Waals surface area contributed by atoms with Crippen LogP contribution in [0.1, 0.15) is 0 Å². The maximum absolute atomic E-state index is 11.4. The van der Waals surface area contributed by atoms with Crippen molar-refractivity contribution in [2.24, 2.45) is 5.73 Å². The molecular formula is C8H16N2O3S. The lowest BCUT2D eigenvalue weighted by Crippen LogP contribution is -2.51. The lowest BCUT2D eigenvalue weighted by atomic mass is 10.1. The van der Waals surface area contributed by atoms with Crippen molar-refractivity contribution in [3.05, 3.63) is 0 Å². The number of hydrogen-bond acceptors (Lipinski definition) is 5. The van der Waals surface area contributed by atoms with Crippen molar-refractivity contribution in [2.45, 2.75) is 12.1 Å².